The molecule has 1 heterocycles. The highest BCUT2D eigenvalue weighted by Crippen LogP contribution is 2.30. The lowest BCUT2D eigenvalue weighted by Gasteiger charge is -2.12. The summed E-state index contributed by atoms with van der Waals surface area (Å²) in [5.41, 5.74) is 8.14. The zero-order valence-corrected chi connectivity index (χ0v) is 12.6. The molecule has 5 heteroatoms. The van der Waals surface area contributed by atoms with E-state index in [9.17, 15) is 0 Å². The zero-order valence-electron chi connectivity index (χ0n) is 11.0. The van der Waals surface area contributed by atoms with Crippen molar-refractivity contribution < 1.29 is 0 Å². The summed E-state index contributed by atoms with van der Waals surface area (Å²) in [6.07, 6.45) is 3.60. The van der Waals surface area contributed by atoms with Crippen LogP contribution in [0.2, 0.25) is 5.02 Å². The van der Waals surface area contributed by atoms with E-state index in [1.54, 1.807) is 12.3 Å². The van der Waals surface area contributed by atoms with Gasteiger partial charge in [0.05, 0.1) is 10.7 Å². The summed E-state index contributed by atoms with van der Waals surface area (Å²) in [4.78, 5) is 4.46. The van der Waals surface area contributed by atoms with Gasteiger partial charge in [0.2, 0.25) is 0 Å². The molecule has 0 aliphatic carbocycles. The fourth-order valence-corrected chi connectivity index (χ4v) is 2.50. The van der Waals surface area contributed by atoms with Crippen molar-refractivity contribution in [2.45, 2.75) is 0 Å². The van der Waals surface area contributed by atoms with Crippen LogP contribution in [0.1, 0.15) is 5.56 Å². The molecule has 0 unspecified atom stereocenters. The van der Waals surface area contributed by atoms with Crippen LogP contribution in [0.25, 0.3) is 10.8 Å². The number of rotatable bonds is 3. The number of nitrogens with one attached hydrogen (secondary N) is 1. The van der Waals surface area contributed by atoms with Crippen molar-refractivity contribution in [3.8, 4) is 0 Å². The van der Waals surface area contributed by atoms with Gasteiger partial charge in [-0.15, -0.1) is 0 Å². The molecule has 3 nitrogen and oxygen atoms in total. The molecule has 3 N–H and O–H groups in total. The Labute approximate surface area is 132 Å². The normalized spacial score (nSPS) is 10.5. The van der Waals surface area contributed by atoms with Crippen molar-refractivity contribution in [2.75, 3.05) is 5.32 Å². The number of anilines is 2. The van der Waals surface area contributed by atoms with Gasteiger partial charge in [0.15, 0.2) is 0 Å². The Morgan fingerprint density at radius 3 is 2.76 bits per heavy atom. The van der Waals surface area contributed by atoms with Crippen LogP contribution in [0, 0.1) is 0 Å². The van der Waals surface area contributed by atoms with Gasteiger partial charge in [-0.25, -0.2) is 0 Å². The lowest BCUT2D eigenvalue weighted by Crippen LogP contribution is -2.09. The van der Waals surface area contributed by atoms with Crippen LogP contribution < -0.4 is 11.1 Å². The van der Waals surface area contributed by atoms with Gasteiger partial charge >= 0.3 is 0 Å². The predicted molar refractivity (Wildman–Crippen MR) is 92.4 cm³/mol. The van der Waals surface area contributed by atoms with Crippen molar-refractivity contribution in [1.82, 2.24) is 4.98 Å². The maximum Gasteiger partial charge on any atom is 0.104 e. The van der Waals surface area contributed by atoms with Crippen LogP contribution in [0.3, 0.4) is 0 Å². The van der Waals surface area contributed by atoms with Crippen LogP contribution in [0.4, 0.5) is 11.4 Å². The minimum atomic E-state index is 0.333. The lowest BCUT2D eigenvalue weighted by molar-refractivity contribution is 1.36. The predicted octanol–water partition coefficient (Wildman–Crippen LogP) is 4.27. The Morgan fingerprint density at radius 1 is 1.14 bits per heavy atom. The minimum absolute atomic E-state index is 0.333. The highest BCUT2D eigenvalue weighted by atomic mass is 35.5. The molecule has 0 saturated heterocycles. The number of halogens is 1. The second-order valence-corrected chi connectivity index (χ2v) is 5.43. The Kier molecular flexibility index (Phi) is 3.73. The van der Waals surface area contributed by atoms with E-state index in [1.807, 2.05) is 42.6 Å². The van der Waals surface area contributed by atoms with E-state index in [2.05, 4.69) is 10.3 Å². The lowest BCUT2D eigenvalue weighted by atomic mass is 10.1. The molecule has 2 aromatic carbocycles. The molecule has 0 aliphatic heterocycles. The van der Waals surface area contributed by atoms with E-state index >= 15 is 0 Å². The van der Waals surface area contributed by atoms with Gasteiger partial charge < -0.3 is 11.1 Å². The molecule has 0 bridgehead atoms. The highest BCUT2D eigenvalue weighted by molar-refractivity contribution is 7.80. The first-order valence-corrected chi connectivity index (χ1v) is 7.13. The molecule has 0 saturated carbocycles. The van der Waals surface area contributed by atoms with Crippen LogP contribution in [-0.4, -0.2) is 9.97 Å². The van der Waals surface area contributed by atoms with Crippen LogP contribution in [0.15, 0.2) is 54.9 Å². The fourth-order valence-electron chi connectivity index (χ4n) is 2.15. The number of nitrogens with two attached hydrogens (primary N) is 1. The standard InChI is InChI=1S/C16H12ClN3S/c17-13-8-10(16(18)21)4-5-15(13)20-14-3-1-2-11-9-19-7-6-12(11)14/h1-9,20H,(H2,18,21). The van der Waals surface area contributed by atoms with E-state index < -0.39 is 0 Å². The maximum absolute atomic E-state index is 6.28. The van der Waals surface area contributed by atoms with Gasteiger partial charge in [0.25, 0.3) is 0 Å². The molecule has 3 aromatic rings. The van der Waals surface area contributed by atoms with Gasteiger partial charge in [-0.2, -0.15) is 0 Å². The number of hydrogen-bond acceptors (Lipinski definition) is 3. The summed E-state index contributed by atoms with van der Waals surface area (Å²) in [7, 11) is 0. The van der Waals surface area contributed by atoms with Gasteiger partial charge in [-0.3, -0.25) is 4.98 Å². The van der Waals surface area contributed by atoms with Crippen molar-refractivity contribution in [3.05, 3.63) is 65.4 Å². The zero-order chi connectivity index (χ0) is 14.8. The summed E-state index contributed by atoms with van der Waals surface area (Å²) < 4.78 is 0. The average molecular weight is 314 g/mol. The summed E-state index contributed by atoms with van der Waals surface area (Å²) in [5.74, 6) is 0. The molecule has 1 aromatic heterocycles. The largest absolute Gasteiger partial charge is 0.389 e. The van der Waals surface area contributed by atoms with Crippen molar-refractivity contribution in [1.29, 1.82) is 0 Å². The van der Waals surface area contributed by atoms with Gasteiger partial charge in [-0.1, -0.05) is 36.0 Å². The first-order chi connectivity index (χ1) is 10.1. The second-order valence-electron chi connectivity index (χ2n) is 4.59. The third kappa shape index (κ3) is 2.82. The van der Waals surface area contributed by atoms with E-state index in [-0.39, 0.29) is 0 Å². The van der Waals surface area contributed by atoms with E-state index in [0.29, 0.717) is 10.0 Å². The van der Waals surface area contributed by atoms with E-state index in [1.165, 1.54) is 0 Å². The van der Waals surface area contributed by atoms with Crippen molar-refractivity contribution in [2.24, 2.45) is 5.73 Å². The molecule has 0 aliphatic rings. The van der Waals surface area contributed by atoms with Crippen LogP contribution in [0.5, 0.6) is 0 Å². The van der Waals surface area contributed by atoms with Crippen molar-refractivity contribution in [3.63, 3.8) is 0 Å². The summed E-state index contributed by atoms with van der Waals surface area (Å²) in [5, 5.41) is 6.07. The van der Waals surface area contributed by atoms with E-state index in [0.717, 1.165) is 27.7 Å². The molecule has 0 fully saturated rings. The third-order valence-electron chi connectivity index (χ3n) is 3.20. The Hall–Kier alpha value is -2.17. The Bertz CT molecular complexity index is 827. The minimum Gasteiger partial charge on any atom is -0.389 e. The molecule has 0 atom stereocenters. The van der Waals surface area contributed by atoms with Crippen LogP contribution in [-0.2, 0) is 0 Å². The fraction of sp³-hybridized carbons (Fsp3) is 0. The number of fused-ring (bicyclic) bond motifs is 1. The summed E-state index contributed by atoms with van der Waals surface area (Å²) in [6.45, 7) is 0. The summed E-state index contributed by atoms with van der Waals surface area (Å²) >= 11 is 11.2. The number of hydrogen-bond donors (Lipinski definition) is 2. The number of aromatic nitrogens is 1. The maximum atomic E-state index is 6.28. The first kappa shape index (κ1) is 13.8. The number of nitrogens with zero attached hydrogens (tertiary/aromatic N) is 1. The molecular weight excluding hydrogens is 302 g/mol. The molecular formula is C16H12ClN3S. The number of thiocarbonyl (C=S) groups is 1. The Balaban J connectivity index is 2.01. The average Bonchev–Trinajstić information content (AvgIpc) is 2.49. The summed E-state index contributed by atoms with van der Waals surface area (Å²) in [6, 6.07) is 13.4. The molecule has 0 spiro atoms. The SMILES string of the molecule is NC(=S)c1ccc(Nc2cccc3cnccc23)c(Cl)c1. The topological polar surface area (TPSA) is 50.9 Å². The van der Waals surface area contributed by atoms with Crippen LogP contribution >= 0.6 is 23.8 Å². The molecule has 0 radical (unpaired) electrons. The monoisotopic (exact) mass is 313 g/mol. The highest BCUT2D eigenvalue weighted by Gasteiger charge is 2.06. The van der Waals surface area contributed by atoms with Gasteiger partial charge in [0.1, 0.15) is 4.99 Å². The molecule has 0 amide bonds. The Morgan fingerprint density at radius 2 is 2.00 bits per heavy atom. The first-order valence-electron chi connectivity index (χ1n) is 6.34. The second kappa shape index (κ2) is 5.68. The molecule has 21 heavy (non-hydrogen) atoms. The van der Waals surface area contributed by atoms with Gasteiger partial charge in [-0.05, 0) is 30.3 Å². The van der Waals surface area contributed by atoms with Crippen molar-refractivity contribution >= 4 is 51.0 Å². The van der Waals surface area contributed by atoms with Gasteiger partial charge in [0, 0.05) is 34.4 Å². The molecule has 3 rings (SSSR count). The number of benzene rings is 2. The quantitative estimate of drug-likeness (QED) is 0.709. The van der Waals surface area contributed by atoms with E-state index in [4.69, 9.17) is 29.6 Å². The molecule has 104 valence electrons. The third-order valence-corrected chi connectivity index (χ3v) is 3.75. The number of pyridine rings is 1. The smallest absolute Gasteiger partial charge is 0.104 e.